The van der Waals surface area contributed by atoms with Crippen LogP contribution in [0.1, 0.15) is 64.6 Å². The fourth-order valence-corrected chi connectivity index (χ4v) is 1.98. The Labute approximate surface area is 124 Å². The summed E-state index contributed by atoms with van der Waals surface area (Å²) >= 11 is 0. The third kappa shape index (κ3) is 4.19. The van der Waals surface area contributed by atoms with Gasteiger partial charge in [0.1, 0.15) is 0 Å². The van der Waals surface area contributed by atoms with Gasteiger partial charge in [0.2, 0.25) is 0 Å². The maximum atomic E-state index is 4.51. The van der Waals surface area contributed by atoms with Crippen LogP contribution in [0.15, 0.2) is 42.6 Å². The number of rotatable bonds is 3. The number of pyridine rings is 1. The molecule has 1 aromatic heterocycles. The number of nitrogens with zero attached hydrogens (tertiary/aromatic N) is 1. The molecule has 0 spiro atoms. The summed E-state index contributed by atoms with van der Waals surface area (Å²) in [5.41, 5.74) is 4.96. The molecule has 0 atom stereocenters. The highest BCUT2D eigenvalue weighted by Crippen LogP contribution is 2.23. The van der Waals surface area contributed by atoms with Gasteiger partial charge in [-0.05, 0) is 29.0 Å². The first-order chi connectivity index (χ1) is 9.58. The van der Waals surface area contributed by atoms with E-state index in [4.69, 9.17) is 0 Å². The molecule has 108 valence electrons. The molecule has 0 saturated carbocycles. The first-order valence-electron chi connectivity index (χ1n) is 7.64. The highest BCUT2D eigenvalue weighted by atomic mass is 14.7. The van der Waals surface area contributed by atoms with Crippen molar-refractivity contribution >= 4 is 0 Å². The highest BCUT2D eigenvalue weighted by Gasteiger charge is 2.03. The smallest absolute Gasteiger partial charge is 0.0429 e. The van der Waals surface area contributed by atoms with Crippen LogP contribution >= 0.6 is 0 Å². The molecule has 2 rings (SSSR count). The number of hydrogen-bond acceptors (Lipinski definition) is 1. The number of benzene rings is 1. The van der Waals surface area contributed by atoms with E-state index in [9.17, 15) is 0 Å². The summed E-state index contributed by atoms with van der Waals surface area (Å²) in [7, 11) is 0. The lowest BCUT2D eigenvalue weighted by molar-refractivity contribution is 0.823. The molecule has 1 heteroatoms. The van der Waals surface area contributed by atoms with Crippen LogP contribution in [0.2, 0.25) is 0 Å². The highest BCUT2D eigenvalue weighted by molar-refractivity contribution is 5.62. The Bertz CT molecular complexity index is 443. The van der Waals surface area contributed by atoms with Gasteiger partial charge in [-0.2, -0.15) is 0 Å². The average molecular weight is 269 g/mol. The quantitative estimate of drug-likeness (QED) is 0.663. The molecule has 0 bridgehead atoms. The lowest BCUT2D eigenvalue weighted by atomic mass is 9.99. The summed E-state index contributed by atoms with van der Waals surface area (Å²) in [6.45, 7) is 12.8. The summed E-state index contributed by atoms with van der Waals surface area (Å²) in [5, 5.41) is 0. The van der Waals surface area contributed by atoms with E-state index in [0.717, 1.165) is 5.69 Å². The number of hydrogen-bond donors (Lipinski definition) is 0. The van der Waals surface area contributed by atoms with E-state index in [2.05, 4.69) is 69.1 Å². The van der Waals surface area contributed by atoms with Gasteiger partial charge in [-0.15, -0.1) is 0 Å². The normalized spacial score (nSPS) is 10.4. The van der Waals surface area contributed by atoms with Gasteiger partial charge in [-0.25, -0.2) is 0 Å². The molecule has 0 unspecified atom stereocenters. The molecule has 1 aromatic carbocycles. The van der Waals surface area contributed by atoms with Gasteiger partial charge < -0.3 is 0 Å². The van der Waals surface area contributed by atoms with E-state index >= 15 is 0 Å². The van der Waals surface area contributed by atoms with Crippen molar-refractivity contribution in [3.8, 4) is 11.1 Å². The Hall–Kier alpha value is -1.63. The number of aromatic nitrogens is 1. The van der Waals surface area contributed by atoms with Crippen molar-refractivity contribution in [1.29, 1.82) is 0 Å². The first kappa shape index (κ1) is 16.4. The summed E-state index contributed by atoms with van der Waals surface area (Å²) in [5.74, 6) is 1.07. The molecule has 0 aliphatic heterocycles. The van der Waals surface area contributed by atoms with Crippen molar-refractivity contribution in [2.45, 2.75) is 53.4 Å². The molecule has 1 nitrogen and oxygen atoms in total. The molecular weight excluding hydrogens is 242 g/mol. The fraction of sp³-hybridized carbons (Fsp3) is 0.421. The lowest BCUT2D eigenvalue weighted by Gasteiger charge is -2.08. The maximum Gasteiger partial charge on any atom is 0.0429 e. The van der Waals surface area contributed by atoms with E-state index in [1.807, 2.05) is 20.0 Å². The van der Waals surface area contributed by atoms with Gasteiger partial charge in [0.25, 0.3) is 0 Å². The lowest BCUT2D eigenvalue weighted by Crippen LogP contribution is -1.92. The van der Waals surface area contributed by atoms with Crippen LogP contribution < -0.4 is 0 Å². The summed E-state index contributed by atoms with van der Waals surface area (Å²) in [4.78, 5) is 4.51. The largest absolute Gasteiger partial charge is 0.260 e. The van der Waals surface area contributed by atoms with Crippen molar-refractivity contribution < 1.29 is 0 Å². The Kier molecular flexibility index (Phi) is 6.44. The minimum Gasteiger partial charge on any atom is -0.260 e. The summed E-state index contributed by atoms with van der Waals surface area (Å²) in [6, 6.07) is 13.1. The van der Waals surface area contributed by atoms with Crippen LogP contribution in [0.4, 0.5) is 0 Å². The van der Waals surface area contributed by atoms with Gasteiger partial charge >= 0.3 is 0 Å². The minimum absolute atomic E-state index is 0.488. The molecule has 0 aliphatic rings. The molecule has 0 aliphatic carbocycles. The molecule has 0 saturated heterocycles. The van der Waals surface area contributed by atoms with Gasteiger partial charge in [-0.1, -0.05) is 71.9 Å². The molecule has 0 amide bonds. The van der Waals surface area contributed by atoms with Gasteiger partial charge in [0.05, 0.1) is 0 Å². The van der Waals surface area contributed by atoms with Crippen LogP contribution in [0, 0.1) is 0 Å². The van der Waals surface area contributed by atoms with Gasteiger partial charge in [0.15, 0.2) is 0 Å². The second-order valence-electron chi connectivity index (χ2n) is 5.40. The molecular formula is C19H27N. The van der Waals surface area contributed by atoms with Crippen molar-refractivity contribution in [3.05, 3.63) is 53.9 Å². The Morgan fingerprint density at radius 3 is 1.65 bits per heavy atom. The molecule has 1 heterocycles. The summed E-state index contributed by atoms with van der Waals surface area (Å²) in [6.07, 6.45) is 1.97. The zero-order valence-corrected chi connectivity index (χ0v) is 13.6. The topological polar surface area (TPSA) is 12.9 Å². The standard InChI is InChI=1S/C17H21N.C2H6/c1-12(2)14-5-7-15(8-6-14)16-9-10-17(13(3)4)18-11-16;1-2/h5-13H,1-4H3;1-2H3. The third-order valence-electron chi connectivity index (χ3n) is 3.29. The van der Waals surface area contributed by atoms with E-state index in [-0.39, 0.29) is 0 Å². The van der Waals surface area contributed by atoms with Crippen LogP contribution in [0.25, 0.3) is 11.1 Å². The molecule has 0 radical (unpaired) electrons. The van der Waals surface area contributed by atoms with E-state index in [1.165, 1.54) is 16.7 Å². The molecule has 20 heavy (non-hydrogen) atoms. The predicted molar refractivity (Wildman–Crippen MR) is 89.2 cm³/mol. The maximum absolute atomic E-state index is 4.51. The zero-order chi connectivity index (χ0) is 15.1. The van der Waals surface area contributed by atoms with Gasteiger partial charge in [-0.3, -0.25) is 4.98 Å². The van der Waals surface area contributed by atoms with Crippen molar-refractivity contribution in [1.82, 2.24) is 4.98 Å². The summed E-state index contributed by atoms with van der Waals surface area (Å²) < 4.78 is 0. The SMILES string of the molecule is CC.CC(C)c1ccc(-c2ccc(C(C)C)nc2)cc1. The molecule has 0 fully saturated rings. The Morgan fingerprint density at radius 1 is 0.700 bits per heavy atom. The first-order valence-corrected chi connectivity index (χ1v) is 7.64. The predicted octanol–water partition coefficient (Wildman–Crippen LogP) is 6.02. The fourth-order valence-electron chi connectivity index (χ4n) is 1.98. The van der Waals surface area contributed by atoms with Crippen LogP contribution in [-0.4, -0.2) is 4.98 Å². The van der Waals surface area contributed by atoms with E-state index in [0.29, 0.717) is 11.8 Å². The second kappa shape index (κ2) is 7.84. The molecule has 0 N–H and O–H groups in total. The monoisotopic (exact) mass is 269 g/mol. The minimum atomic E-state index is 0.488. The molecule has 2 aromatic rings. The van der Waals surface area contributed by atoms with Crippen molar-refractivity contribution in [2.24, 2.45) is 0 Å². The second-order valence-corrected chi connectivity index (χ2v) is 5.40. The Balaban J connectivity index is 0.000000956. The van der Waals surface area contributed by atoms with Crippen LogP contribution in [-0.2, 0) is 0 Å². The third-order valence-corrected chi connectivity index (χ3v) is 3.29. The Morgan fingerprint density at radius 2 is 1.25 bits per heavy atom. The van der Waals surface area contributed by atoms with Crippen LogP contribution in [0.3, 0.4) is 0 Å². The zero-order valence-electron chi connectivity index (χ0n) is 13.6. The van der Waals surface area contributed by atoms with Crippen molar-refractivity contribution in [3.63, 3.8) is 0 Å². The average Bonchev–Trinajstić information content (AvgIpc) is 2.49. The van der Waals surface area contributed by atoms with Crippen molar-refractivity contribution in [2.75, 3.05) is 0 Å². The van der Waals surface area contributed by atoms with E-state index in [1.54, 1.807) is 0 Å². The van der Waals surface area contributed by atoms with Gasteiger partial charge in [0, 0.05) is 17.5 Å². The van der Waals surface area contributed by atoms with Crippen LogP contribution in [0.5, 0.6) is 0 Å². The van der Waals surface area contributed by atoms with E-state index < -0.39 is 0 Å².